The lowest BCUT2D eigenvalue weighted by Gasteiger charge is -1.89. The Bertz CT molecular complexity index is 1820. The van der Waals surface area contributed by atoms with Gasteiger partial charge in [-0.05, 0) is 36.4 Å². The van der Waals surface area contributed by atoms with E-state index in [1.54, 1.807) is 6.20 Å². The second kappa shape index (κ2) is 7.03. The van der Waals surface area contributed by atoms with E-state index in [9.17, 15) is 0 Å². The van der Waals surface area contributed by atoms with Crippen LogP contribution in [0.3, 0.4) is 0 Å². The molecule has 2 N–H and O–H groups in total. The molecule has 0 fully saturated rings. The summed E-state index contributed by atoms with van der Waals surface area (Å²) in [5.74, 6) is 0. The van der Waals surface area contributed by atoms with Crippen LogP contribution in [0.15, 0.2) is 66.9 Å². The summed E-state index contributed by atoms with van der Waals surface area (Å²) < 4.78 is 0. The first-order chi connectivity index (χ1) is 15.7. The molecular weight excluding hydrogens is 394 g/mol. The van der Waals surface area contributed by atoms with Gasteiger partial charge in [0.25, 0.3) is 0 Å². The maximum absolute atomic E-state index is 4.61. The van der Waals surface area contributed by atoms with Gasteiger partial charge in [0.05, 0.1) is 17.6 Å². The van der Waals surface area contributed by atoms with Gasteiger partial charge in [-0.3, -0.25) is 4.98 Å². The Labute approximate surface area is 183 Å². The van der Waals surface area contributed by atoms with Crippen LogP contribution in [0.5, 0.6) is 0 Å². The zero-order valence-corrected chi connectivity index (χ0v) is 17.3. The third kappa shape index (κ3) is 2.91. The van der Waals surface area contributed by atoms with E-state index in [-0.39, 0.29) is 0 Å². The molecule has 2 aromatic heterocycles. The first kappa shape index (κ1) is 18.3. The lowest BCUT2D eigenvalue weighted by molar-refractivity contribution is 1.08. The third-order valence-corrected chi connectivity index (χ3v) is 5.84. The number of hydrogen-bond donors (Lipinski definition) is 2. The number of para-hydroxylation sites is 2. The van der Waals surface area contributed by atoms with Crippen molar-refractivity contribution in [2.45, 2.75) is 0 Å². The first-order valence-corrected chi connectivity index (χ1v) is 10.3. The molecule has 5 heteroatoms. The molecule has 0 atom stereocenters. The van der Waals surface area contributed by atoms with Crippen LogP contribution >= 0.6 is 0 Å². The number of hydrogen-bond acceptors (Lipinski definition) is 3. The van der Waals surface area contributed by atoms with Crippen molar-refractivity contribution in [1.29, 1.82) is 0 Å². The first-order valence-electron chi connectivity index (χ1n) is 10.3. The van der Waals surface area contributed by atoms with Crippen LogP contribution in [0.1, 0.15) is 11.4 Å². The minimum absolute atomic E-state index is 0.740. The fraction of sp³-hybridized carbons (Fsp3) is 0. The van der Waals surface area contributed by atoms with Gasteiger partial charge in [0, 0.05) is 48.5 Å². The molecule has 152 valence electrons. The lowest BCUT2D eigenvalue weighted by Crippen LogP contribution is -2.21. The number of benzene rings is 2. The minimum Gasteiger partial charge on any atom is -0.354 e. The molecule has 2 aliphatic heterocycles. The standard InChI is InChI=1S/C27H19N5/c1-16-19-7-3-5-9-22(19)29-24(16)13-18-11-12-21-26(31-32-27(21)15-28-18)14-25-17(2)20-8-4-6-10-23(20)30-25/h3-15,29-30H,1-2H2/b24-13+,25-14+. The Morgan fingerprint density at radius 2 is 1.31 bits per heavy atom. The van der Waals surface area contributed by atoms with Crippen molar-refractivity contribution in [2.75, 3.05) is 0 Å². The van der Waals surface area contributed by atoms with Gasteiger partial charge in [-0.2, -0.15) is 0 Å². The minimum atomic E-state index is 0.740. The maximum Gasteiger partial charge on any atom is 0.113 e. The predicted octanol–water partition coefficient (Wildman–Crippen LogP) is 2.42. The summed E-state index contributed by atoms with van der Waals surface area (Å²) in [4.78, 5) is 11.4. The van der Waals surface area contributed by atoms with E-state index in [0.717, 1.165) is 65.6 Å². The van der Waals surface area contributed by atoms with Crippen molar-refractivity contribution >= 4 is 47.1 Å². The Morgan fingerprint density at radius 3 is 1.97 bits per heavy atom. The van der Waals surface area contributed by atoms with Crippen LogP contribution in [0.4, 0.5) is 0 Å². The number of H-pyrrole nitrogens is 2. The normalized spacial score (nSPS) is 13.0. The zero-order chi connectivity index (χ0) is 21.7. The fourth-order valence-electron chi connectivity index (χ4n) is 4.13. The molecule has 2 aromatic carbocycles. The summed E-state index contributed by atoms with van der Waals surface area (Å²) in [6.45, 7) is 8.46. The zero-order valence-electron chi connectivity index (χ0n) is 17.3. The highest BCUT2D eigenvalue weighted by molar-refractivity contribution is 5.82. The van der Waals surface area contributed by atoms with Crippen LogP contribution in [-0.2, 0) is 0 Å². The molecule has 0 saturated heterocycles. The monoisotopic (exact) mass is 413 g/mol. The number of nitrogens with one attached hydrogen (secondary N) is 2. The number of aromatic nitrogens is 5. The highest BCUT2D eigenvalue weighted by Crippen LogP contribution is 2.22. The largest absolute Gasteiger partial charge is 0.354 e. The van der Waals surface area contributed by atoms with Crippen molar-refractivity contribution in [2.24, 2.45) is 0 Å². The van der Waals surface area contributed by atoms with Gasteiger partial charge in [0.15, 0.2) is 0 Å². The quantitative estimate of drug-likeness (QED) is 0.458. The molecule has 0 saturated carbocycles. The summed E-state index contributed by atoms with van der Waals surface area (Å²) >= 11 is 0. The molecule has 0 amide bonds. The maximum atomic E-state index is 4.61. The van der Waals surface area contributed by atoms with Gasteiger partial charge in [0.1, 0.15) is 5.69 Å². The summed E-state index contributed by atoms with van der Waals surface area (Å²) in [6, 6.07) is 20.3. The molecule has 0 spiro atoms. The highest BCUT2D eigenvalue weighted by atomic mass is 15.1. The molecule has 0 radical (unpaired) electrons. The summed E-state index contributed by atoms with van der Waals surface area (Å²) in [5.41, 5.74) is 5.38. The number of rotatable bonds is 2. The van der Waals surface area contributed by atoms with Crippen molar-refractivity contribution in [3.8, 4) is 11.3 Å². The van der Waals surface area contributed by atoms with E-state index < -0.39 is 0 Å². The van der Waals surface area contributed by atoms with Gasteiger partial charge >= 0.3 is 0 Å². The topological polar surface area (TPSA) is 70.2 Å². The number of fused-ring (bicyclic) bond motifs is 3. The second-order valence-corrected chi connectivity index (χ2v) is 7.81. The van der Waals surface area contributed by atoms with Crippen molar-refractivity contribution in [1.82, 2.24) is 25.1 Å². The Balaban J connectivity index is 1.48. The summed E-state index contributed by atoms with van der Waals surface area (Å²) in [7, 11) is 0. The molecule has 32 heavy (non-hydrogen) atoms. The number of aromatic amines is 2. The SMILES string of the molecule is C=c1/c(=C\c2ccc3c(/C=c4/[nH]c5ccccc5c4=C)nnc-3cn2)[nH]c2ccccc12. The molecule has 5 nitrogen and oxygen atoms in total. The van der Waals surface area contributed by atoms with E-state index in [0.29, 0.717) is 0 Å². The van der Waals surface area contributed by atoms with Crippen LogP contribution in [0.25, 0.3) is 58.4 Å². The third-order valence-electron chi connectivity index (χ3n) is 5.84. The molecular formula is C27H19N5. The van der Waals surface area contributed by atoms with E-state index in [4.69, 9.17) is 0 Å². The van der Waals surface area contributed by atoms with Crippen LogP contribution < -0.4 is 21.1 Å². The Kier molecular flexibility index (Phi) is 4.01. The van der Waals surface area contributed by atoms with Gasteiger partial charge in [0.2, 0.25) is 0 Å². The molecule has 4 aromatic rings. The Hall–Kier alpha value is -4.51. The predicted molar refractivity (Wildman–Crippen MR) is 130 cm³/mol. The van der Waals surface area contributed by atoms with Gasteiger partial charge < -0.3 is 9.97 Å². The average molecular weight is 413 g/mol. The van der Waals surface area contributed by atoms with E-state index >= 15 is 0 Å². The van der Waals surface area contributed by atoms with Crippen molar-refractivity contribution in [3.63, 3.8) is 0 Å². The van der Waals surface area contributed by atoms with Crippen LogP contribution in [-0.4, -0.2) is 25.1 Å². The highest BCUT2D eigenvalue weighted by Gasteiger charge is 2.11. The average Bonchev–Trinajstić information content (AvgIpc) is 3.40. The molecule has 4 heterocycles. The molecule has 2 aliphatic rings. The smallest absolute Gasteiger partial charge is 0.113 e. The van der Waals surface area contributed by atoms with Gasteiger partial charge in [-0.1, -0.05) is 49.6 Å². The van der Waals surface area contributed by atoms with E-state index in [1.165, 1.54) is 0 Å². The molecule has 6 rings (SSSR count). The molecule has 0 aliphatic carbocycles. The van der Waals surface area contributed by atoms with Crippen LogP contribution in [0.2, 0.25) is 0 Å². The Morgan fingerprint density at radius 1 is 0.688 bits per heavy atom. The van der Waals surface area contributed by atoms with Crippen molar-refractivity contribution < 1.29 is 0 Å². The lowest BCUT2D eigenvalue weighted by atomic mass is 10.1. The summed E-state index contributed by atoms with van der Waals surface area (Å²) in [6.07, 6.45) is 5.75. The van der Waals surface area contributed by atoms with Crippen LogP contribution in [0, 0.1) is 0 Å². The number of nitrogens with zero attached hydrogens (tertiary/aromatic N) is 3. The van der Waals surface area contributed by atoms with Gasteiger partial charge in [-0.15, -0.1) is 10.2 Å². The molecule has 0 bridgehead atoms. The fourth-order valence-corrected chi connectivity index (χ4v) is 4.13. The molecule has 0 unspecified atom stereocenters. The second-order valence-electron chi connectivity index (χ2n) is 7.81. The van der Waals surface area contributed by atoms with Gasteiger partial charge in [-0.25, -0.2) is 0 Å². The van der Waals surface area contributed by atoms with E-state index in [2.05, 4.69) is 50.4 Å². The van der Waals surface area contributed by atoms with E-state index in [1.807, 2.05) is 60.7 Å². The van der Waals surface area contributed by atoms with Crippen molar-refractivity contribution in [3.05, 3.63) is 99.4 Å². The summed E-state index contributed by atoms with van der Waals surface area (Å²) in [5, 5.41) is 14.7.